The summed E-state index contributed by atoms with van der Waals surface area (Å²) in [6, 6.07) is 4.54. The Balaban J connectivity index is 2.71. The third-order valence-corrected chi connectivity index (χ3v) is 3.59. The van der Waals surface area contributed by atoms with E-state index in [0.717, 1.165) is 0 Å². The van der Waals surface area contributed by atoms with Crippen LogP contribution in [0.2, 0.25) is 0 Å². The van der Waals surface area contributed by atoms with Crippen LogP contribution in [0.1, 0.15) is 18.9 Å². The number of nitrogen functional groups attached to an aromatic ring is 1. The molecule has 0 bridgehead atoms. The van der Waals surface area contributed by atoms with Crippen molar-refractivity contribution >= 4 is 15.7 Å². The summed E-state index contributed by atoms with van der Waals surface area (Å²) < 4.78 is 25.2. The van der Waals surface area contributed by atoms with Crippen molar-refractivity contribution in [3.63, 3.8) is 0 Å². The first-order valence-corrected chi connectivity index (χ1v) is 6.64. The number of phenols is 1. The van der Waals surface area contributed by atoms with Crippen molar-refractivity contribution < 1.29 is 13.5 Å². The molecule has 0 saturated carbocycles. The van der Waals surface area contributed by atoms with Gasteiger partial charge in [-0.15, -0.1) is 0 Å². The fourth-order valence-corrected chi connectivity index (χ4v) is 2.33. The number of hydrogen-bond donors (Lipinski definition) is 3. The molecule has 1 aromatic rings. The third kappa shape index (κ3) is 3.71. The van der Waals surface area contributed by atoms with Gasteiger partial charge in [0.15, 0.2) is 0 Å². The van der Waals surface area contributed by atoms with E-state index in [-0.39, 0.29) is 18.0 Å². The molecule has 0 aliphatic carbocycles. The lowest BCUT2D eigenvalue weighted by Gasteiger charge is -2.07. The molecule has 4 N–H and O–H groups in total. The van der Waals surface area contributed by atoms with Crippen LogP contribution in [0.3, 0.4) is 0 Å². The van der Waals surface area contributed by atoms with Crippen LogP contribution in [0.25, 0.3) is 0 Å². The van der Waals surface area contributed by atoms with Crippen molar-refractivity contribution in [3.8, 4) is 5.75 Å². The topological polar surface area (TPSA) is 92.4 Å². The van der Waals surface area contributed by atoms with E-state index in [1.165, 1.54) is 6.07 Å². The monoisotopic (exact) mass is 244 g/mol. The molecule has 90 valence electrons. The molecule has 0 fully saturated rings. The molecule has 0 aliphatic rings. The molecular weight excluding hydrogens is 228 g/mol. The van der Waals surface area contributed by atoms with Crippen molar-refractivity contribution in [3.05, 3.63) is 23.8 Å². The minimum absolute atomic E-state index is 0.0356. The second-order valence-electron chi connectivity index (χ2n) is 3.53. The molecule has 0 aromatic heterocycles. The van der Waals surface area contributed by atoms with Crippen LogP contribution in [-0.4, -0.2) is 19.3 Å². The van der Waals surface area contributed by atoms with Gasteiger partial charge in [0.25, 0.3) is 0 Å². The maximum Gasteiger partial charge on any atom is 0.211 e. The molecule has 0 heterocycles. The number of benzene rings is 1. The summed E-state index contributed by atoms with van der Waals surface area (Å²) in [7, 11) is -3.26. The highest BCUT2D eigenvalue weighted by molar-refractivity contribution is 7.89. The molecular formula is C10H16N2O3S. The molecule has 1 aromatic carbocycles. The number of phenolic OH excluding ortho intramolecular Hbond substituents is 1. The Morgan fingerprint density at radius 2 is 2.12 bits per heavy atom. The second kappa shape index (κ2) is 5.18. The van der Waals surface area contributed by atoms with Gasteiger partial charge >= 0.3 is 0 Å². The highest BCUT2D eigenvalue weighted by Crippen LogP contribution is 2.19. The summed E-state index contributed by atoms with van der Waals surface area (Å²) >= 11 is 0. The Morgan fingerprint density at radius 3 is 2.75 bits per heavy atom. The van der Waals surface area contributed by atoms with Crippen LogP contribution < -0.4 is 10.5 Å². The summed E-state index contributed by atoms with van der Waals surface area (Å²) in [5.74, 6) is 0.115. The summed E-state index contributed by atoms with van der Waals surface area (Å²) in [6.07, 6.45) is 0.554. The summed E-state index contributed by atoms with van der Waals surface area (Å²) in [4.78, 5) is 0. The molecule has 1 rings (SSSR count). The SMILES string of the molecule is CCCS(=O)(=O)NCc1cc(N)ccc1O. The van der Waals surface area contributed by atoms with Crippen LogP contribution in [0.4, 0.5) is 5.69 Å². The smallest absolute Gasteiger partial charge is 0.211 e. The largest absolute Gasteiger partial charge is 0.508 e. The van der Waals surface area contributed by atoms with Crippen molar-refractivity contribution in [2.45, 2.75) is 19.9 Å². The zero-order valence-electron chi connectivity index (χ0n) is 9.10. The average molecular weight is 244 g/mol. The van der Waals surface area contributed by atoms with Crippen LogP contribution in [0, 0.1) is 0 Å². The summed E-state index contributed by atoms with van der Waals surface area (Å²) in [5, 5.41) is 9.47. The fourth-order valence-electron chi connectivity index (χ4n) is 1.28. The van der Waals surface area contributed by atoms with E-state index in [1.807, 2.05) is 0 Å². The number of hydrogen-bond acceptors (Lipinski definition) is 4. The van der Waals surface area contributed by atoms with Gasteiger partial charge in [0.2, 0.25) is 10.0 Å². The number of sulfonamides is 1. The Bertz CT molecular complexity index is 457. The first kappa shape index (κ1) is 12.8. The lowest BCUT2D eigenvalue weighted by atomic mass is 10.2. The second-order valence-corrected chi connectivity index (χ2v) is 5.45. The zero-order valence-corrected chi connectivity index (χ0v) is 9.92. The molecule has 6 heteroatoms. The quantitative estimate of drug-likeness (QED) is 0.527. The van der Waals surface area contributed by atoms with Gasteiger partial charge < -0.3 is 10.8 Å². The van der Waals surface area contributed by atoms with Gasteiger partial charge in [-0.2, -0.15) is 0 Å². The van der Waals surface area contributed by atoms with Gasteiger partial charge in [0.05, 0.1) is 5.75 Å². The predicted octanol–water partition coefficient (Wildman–Crippen LogP) is 0.804. The summed E-state index contributed by atoms with van der Waals surface area (Å²) in [6.45, 7) is 1.84. The van der Waals surface area contributed by atoms with Gasteiger partial charge in [0.1, 0.15) is 5.75 Å². The number of nitrogens with two attached hydrogens (primary N) is 1. The average Bonchev–Trinajstić information content (AvgIpc) is 2.19. The van der Waals surface area contributed by atoms with Crippen LogP contribution in [-0.2, 0) is 16.6 Å². The lowest BCUT2D eigenvalue weighted by Crippen LogP contribution is -2.25. The first-order valence-electron chi connectivity index (χ1n) is 4.99. The number of rotatable bonds is 5. The van der Waals surface area contributed by atoms with Gasteiger partial charge in [-0.1, -0.05) is 6.92 Å². The molecule has 0 spiro atoms. The van der Waals surface area contributed by atoms with Gasteiger partial charge in [-0.05, 0) is 24.6 Å². The standard InChI is InChI=1S/C10H16N2O3S/c1-2-5-16(14,15)12-7-8-6-9(11)3-4-10(8)13/h3-4,6,12-13H,2,5,7,11H2,1H3. The minimum atomic E-state index is -3.26. The van der Waals surface area contributed by atoms with Crippen molar-refractivity contribution in [1.82, 2.24) is 4.72 Å². The van der Waals surface area contributed by atoms with E-state index in [1.54, 1.807) is 19.1 Å². The van der Waals surface area contributed by atoms with E-state index in [9.17, 15) is 13.5 Å². The van der Waals surface area contributed by atoms with E-state index < -0.39 is 10.0 Å². The Kier molecular flexibility index (Phi) is 4.14. The third-order valence-electron chi connectivity index (χ3n) is 2.06. The van der Waals surface area contributed by atoms with Crippen molar-refractivity contribution in [2.75, 3.05) is 11.5 Å². The maximum absolute atomic E-state index is 11.4. The van der Waals surface area contributed by atoms with E-state index >= 15 is 0 Å². The maximum atomic E-state index is 11.4. The van der Waals surface area contributed by atoms with Crippen LogP contribution in [0.15, 0.2) is 18.2 Å². The minimum Gasteiger partial charge on any atom is -0.508 e. The van der Waals surface area contributed by atoms with E-state index in [0.29, 0.717) is 17.7 Å². The molecule has 0 atom stereocenters. The Morgan fingerprint density at radius 1 is 1.44 bits per heavy atom. The lowest BCUT2D eigenvalue weighted by molar-refractivity contribution is 0.467. The number of anilines is 1. The Hall–Kier alpha value is -1.27. The molecule has 0 unspecified atom stereocenters. The van der Waals surface area contributed by atoms with E-state index in [2.05, 4.69) is 4.72 Å². The van der Waals surface area contributed by atoms with Crippen LogP contribution in [0.5, 0.6) is 5.75 Å². The van der Waals surface area contributed by atoms with Gasteiger partial charge in [-0.25, -0.2) is 13.1 Å². The zero-order chi connectivity index (χ0) is 12.2. The highest BCUT2D eigenvalue weighted by Gasteiger charge is 2.09. The van der Waals surface area contributed by atoms with Crippen LogP contribution >= 0.6 is 0 Å². The Labute approximate surface area is 95.3 Å². The number of nitrogens with one attached hydrogen (secondary N) is 1. The first-order chi connectivity index (χ1) is 7.44. The number of aromatic hydroxyl groups is 1. The van der Waals surface area contributed by atoms with Crippen molar-refractivity contribution in [1.29, 1.82) is 0 Å². The molecule has 16 heavy (non-hydrogen) atoms. The fraction of sp³-hybridized carbons (Fsp3) is 0.400. The van der Waals surface area contributed by atoms with Gasteiger partial charge in [-0.3, -0.25) is 0 Å². The summed E-state index contributed by atoms with van der Waals surface area (Å²) in [5.41, 5.74) is 6.50. The molecule has 0 aliphatic heterocycles. The molecule has 0 radical (unpaired) electrons. The van der Waals surface area contributed by atoms with E-state index in [4.69, 9.17) is 5.73 Å². The molecule has 5 nitrogen and oxygen atoms in total. The highest BCUT2D eigenvalue weighted by atomic mass is 32.2. The predicted molar refractivity (Wildman–Crippen MR) is 63.4 cm³/mol. The molecule has 0 saturated heterocycles. The van der Waals surface area contributed by atoms with Gasteiger partial charge in [0, 0.05) is 17.8 Å². The van der Waals surface area contributed by atoms with Crippen molar-refractivity contribution in [2.24, 2.45) is 0 Å². The normalized spacial score (nSPS) is 11.6. The molecule has 0 amide bonds.